The molecule has 3 N–H and O–H groups in total. The fourth-order valence-electron chi connectivity index (χ4n) is 1.74. The van der Waals surface area contributed by atoms with Crippen molar-refractivity contribution in [3.05, 3.63) is 35.4 Å². The molecule has 0 radical (unpaired) electrons. The van der Waals surface area contributed by atoms with Crippen LogP contribution in [0, 0.1) is 11.3 Å². The number of carbonyl (C=O) groups is 1. The molecule has 0 fully saturated rings. The van der Waals surface area contributed by atoms with Crippen LogP contribution < -0.4 is 11.1 Å². The molecule has 4 nitrogen and oxygen atoms in total. The first-order valence-electron chi connectivity index (χ1n) is 6.15. The number of nitriles is 1. The minimum atomic E-state index is -0.246. The van der Waals surface area contributed by atoms with Crippen LogP contribution in [0.1, 0.15) is 43.4 Å². The highest BCUT2D eigenvalue weighted by Crippen LogP contribution is 2.13. The molecule has 0 aliphatic rings. The number of hydrogen-bond acceptors (Lipinski definition) is 3. The molecule has 4 heteroatoms. The minimum Gasteiger partial charge on any atom is -0.370 e. The molecular weight excluding hydrogens is 226 g/mol. The fraction of sp³-hybridized carbons (Fsp3) is 0.429. The summed E-state index contributed by atoms with van der Waals surface area (Å²) in [6.07, 6.45) is 2.18. The van der Waals surface area contributed by atoms with Crippen LogP contribution in [-0.2, 0) is 4.79 Å². The van der Waals surface area contributed by atoms with E-state index in [0.29, 0.717) is 12.0 Å². The van der Waals surface area contributed by atoms with Crippen LogP contribution >= 0.6 is 0 Å². The lowest BCUT2D eigenvalue weighted by atomic mass is 10.1. The monoisotopic (exact) mass is 245 g/mol. The van der Waals surface area contributed by atoms with Crippen molar-refractivity contribution in [2.24, 2.45) is 5.73 Å². The number of benzene rings is 1. The average molecular weight is 245 g/mol. The van der Waals surface area contributed by atoms with E-state index in [1.54, 1.807) is 6.07 Å². The molecule has 0 spiro atoms. The van der Waals surface area contributed by atoms with Gasteiger partial charge in [0, 0.05) is 12.5 Å². The summed E-state index contributed by atoms with van der Waals surface area (Å²) < 4.78 is 0. The molecule has 0 aliphatic carbocycles. The van der Waals surface area contributed by atoms with Crippen LogP contribution in [0.25, 0.3) is 0 Å². The van der Waals surface area contributed by atoms with Crippen LogP contribution in [0.5, 0.6) is 0 Å². The van der Waals surface area contributed by atoms with E-state index in [4.69, 9.17) is 11.0 Å². The SMILES string of the molecule is CC(NCCCCC(N)=O)c1cccc(C#N)c1. The number of amides is 1. The third-order valence-electron chi connectivity index (χ3n) is 2.82. The van der Waals surface area contributed by atoms with Gasteiger partial charge in [0.1, 0.15) is 0 Å². The number of nitrogens with one attached hydrogen (secondary N) is 1. The zero-order valence-electron chi connectivity index (χ0n) is 10.6. The molecule has 1 aromatic rings. The lowest BCUT2D eigenvalue weighted by Gasteiger charge is -2.14. The lowest BCUT2D eigenvalue weighted by Crippen LogP contribution is -2.20. The van der Waals surface area contributed by atoms with Crippen LogP contribution in [-0.4, -0.2) is 12.5 Å². The highest BCUT2D eigenvalue weighted by molar-refractivity contribution is 5.73. The van der Waals surface area contributed by atoms with Crippen molar-refractivity contribution in [3.8, 4) is 6.07 Å². The summed E-state index contributed by atoms with van der Waals surface area (Å²) in [6, 6.07) is 9.91. The quantitative estimate of drug-likeness (QED) is 0.720. The standard InChI is InChI=1S/C14H19N3O/c1-11(17-8-3-2-7-14(16)18)13-6-4-5-12(9-13)10-15/h4-6,9,11,17H,2-3,7-8H2,1H3,(H2,16,18). The number of rotatable bonds is 7. The third-order valence-corrected chi connectivity index (χ3v) is 2.82. The maximum Gasteiger partial charge on any atom is 0.217 e. The largest absolute Gasteiger partial charge is 0.370 e. The van der Waals surface area contributed by atoms with Crippen molar-refractivity contribution >= 4 is 5.91 Å². The van der Waals surface area contributed by atoms with Gasteiger partial charge in [-0.1, -0.05) is 12.1 Å². The van der Waals surface area contributed by atoms with Gasteiger partial charge in [-0.15, -0.1) is 0 Å². The molecule has 0 aliphatic heterocycles. The molecule has 1 unspecified atom stereocenters. The summed E-state index contributed by atoms with van der Waals surface area (Å²) >= 11 is 0. The Morgan fingerprint density at radius 3 is 2.94 bits per heavy atom. The van der Waals surface area contributed by atoms with Gasteiger partial charge in [-0.05, 0) is 44.0 Å². The molecule has 1 atom stereocenters. The van der Waals surface area contributed by atoms with E-state index in [2.05, 4.69) is 18.3 Å². The van der Waals surface area contributed by atoms with Gasteiger partial charge in [0.05, 0.1) is 11.6 Å². The zero-order chi connectivity index (χ0) is 13.4. The molecule has 96 valence electrons. The zero-order valence-corrected chi connectivity index (χ0v) is 10.6. The number of nitrogens with two attached hydrogens (primary N) is 1. The van der Waals surface area contributed by atoms with Crippen molar-refractivity contribution in [1.82, 2.24) is 5.32 Å². The third kappa shape index (κ3) is 4.98. The van der Waals surface area contributed by atoms with Crippen molar-refractivity contribution in [2.75, 3.05) is 6.54 Å². The van der Waals surface area contributed by atoms with E-state index in [1.807, 2.05) is 18.2 Å². The van der Waals surface area contributed by atoms with Crippen molar-refractivity contribution in [2.45, 2.75) is 32.2 Å². The molecule has 1 amide bonds. The second-order valence-corrected chi connectivity index (χ2v) is 4.34. The van der Waals surface area contributed by atoms with Gasteiger partial charge in [0.15, 0.2) is 0 Å². The van der Waals surface area contributed by atoms with E-state index >= 15 is 0 Å². The Kier molecular flexibility index (Phi) is 5.89. The molecule has 0 saturated carbocycles. The summed E-state index contributed by atoms with van der Waals surface area (Å²) in [5.74, 6) is -0.246. The molecule has 1 aromatic carbocycles. The summed E-state index contributed by atoms with van der Waals surface area (Å²) in [7, 11) is 0. The topological polar surface area (TPSA) is 78.9 Å². The van der Waals surface area contributed by atoms with E-state index in [0.717, 1.165) is 24.9 Å². The highest BCUT2D eigenvalue weighted by Gasteiger charge is 2.05. The van der Waals surface area contributed by atoms with Gasteiger partial charge < -0.3 is 11.1 Å². The summed E-state index contributed by atoms with van der Waals surface area (Å²) in [6.45, 7) is 2.90. The van der Waals surface area contributed by atoms with Gasteiger partial charge in [-0.25, -0.2) is 0 Å². The number of primary amides is 1. The molecule has 18 heavy (non-hydrogen) atoms. The van der Waals surface area contributed by atoms with Crippen LogP contribution in [0.4, 0.5) is 0 Å². The Balaban J connectivity index is 2.34. The number of carbonyl (C=O) groups excluding carboxylic acids is 1. The number of hydrogen-bond donors (Lipinski definition) is 2. The van der Waals surface area contributed by atoms with E-state index < -0.39 is 0 Å². The smallest absolute Gasteiger partial charge is 0.217 e. The summed E-state index contributed by atoms with van der Waals surface area (Å²) in [5, 5.41) is 12.2. The minimum absolute atomic E-state index is 0.201. The van der Waals surface area contributed by atoms with Crippen molar-refractivity contribution < 1.29 is 4.79 Å². The van der Waals surface area contributed by atoms with Gasteiger partial charge in [-0.3, -0.25) is 4.79 Å². The Morgan fingerprint density at radius 1 is 1.50 bits per heavy atom. The summed E-state index contributed by atoms with van der Waals surface area (Å²) in [5.41, 5.74) is 6.84. The highest BCUT2D eigenvalue weighted by atomic mass is 16.1. The van der Waals surface area contributed by atoms with Crippen molar-refractivity contribution in [1.29, 1.82) is 5.26 Å². The molecule has 0 saturated heterocycles. The Hall–Kier alpha value is -1.86. The second-order valence-electron chi connectivity index (χ2n) is 4.34. The van der Waals surface area contributed by atoms with Crippen LogP contribution in [0.2, 0.25) is 0 Å². The van der Waals surface area contributed by atoms with E-state index in [-0.39, 0.29) is 11.9 Å². The normalized spacial score (nSPS) is 11.8. The van der Waals surface area contributed by atoms with Crippen LogP contribution in [0.3, 0.4) is 0 Å². The first-order valence-corrected chi connectivity index (χ1v) is 6.15. The predicted molar refractivity (Wildman–Crippen MR) is 70.6 cm³/mol. The molecular formula is C14H19N3O. The van der Waals surface area contributed by atoms with Gasteiger partial charge in [-0.2, -0.15) is 5.26 Å². The van der Waals surface area contributed by atoms with Gasteiger partial charge in [0.25, 0.3) is 0 Å². The first-order chi connectivity index (χ1) is 8.63. The average Bonchev–Trinajstić information content (AvgIpc) is 2.37. The lowest BCUT2D eigenvalue weighted by molar-refractivity contribution is -0.118. The van der Waals surface area contributed by atoms with Gasteiger partial charge in [0.2, 0.25) is 5.91 Å². The Labute approximate surface area is 108 Å². The fourth-order valence-corrected chi connectivity index (χ4v) is 1.74. The second kappa shape index (κ2) is 7.46. The first kappa shape index (κ1) is 14.2. The maximum atomic E-state index is 10.6. The maximum absolute atomic E-state index is 10.6. The number of nitrogens with zero attached hydrogens (tertiary/aromatic N) is 1. The van der Waals surface area contributed by atoms with Crippen LogP contribution in [0.15, 0.2) is 24.3 Å². The Morgan fingerprint density at radius 2 is 2.28 bits per heavy atom. The van der Waals surface area contributed by atoms with E-state index in [1.165, 1.54) is 0 Å². The van der Waals surface area contributed by atoms with Gasteiger partial charge >= 0.3 is 0 Å². The molecule has 0 heterocycles. The van der Waals surface area contributed by atoms with Crippen molar-refractivity contribution in [3.63, 3.8) is 0 Å². The predicted octanol–water partition coefficient (Wildman–Crippen LogP) is 1.86. The summed E-state index contributed by atoms with van der Waals surface area (Å²) in [4.78, 5) is 10.6. The Bertz CT molecular complexity index is 437. The molecule has 0 aromatic heterocycles. The van der Waals surface area contributed by atoms with E-state index in [9.17, 15) is 4.79 Å². The molecule has 1 rings (SSSR count). The number of unbranched alkanes of at least 4 members (excludes halogenated alkanes) is 1. The molecule has 0 bridgehead atoms.